The molecule has 4 nitrogen and oxygen atoms in total. The quantitative estimate of drug-likeness (QED) is 0.807. The van der Waals surface area contributed by atoms with Gasteiger partial charge in [0.15, 0.2) is 0 Å². The monoisotopic (exact) mass is 324 g/mol. The third kappa shape index (κ3) is 3.80. The maximum atomic E-state index is 12.0. The summed E-state index contributed by atoms with van der Waals surface area (Å²) in [4.78, 5) is 4.40. The van der Waals surface area contributed by atoms with Gasteiger partial charge < -0.3 is 4.74 Å². The van der Waals surface area contributed by atoms with Gasteiger partial charge in [-0.2, -0.15) is 4.40 Å². The number of hydrogen-bond donors (Lipinski definition) is 0. The second-order valence-electron chi connectivity index (χ2n) is 5.52. The first-order valence-electron chi connectivity index (χ1n) is 6.41. The number of fused-ring (bicyclic) bond motifs is 1. The zero-order chi connectivity index (χ0) is 15.6. The number of pyridine rings is 1. The van der Waals surface area contributed by atoms with Crippen LogP contribution in [0.5, 0.6) is 5.88 Å². The Kier molecular flexibility index (Phi) is 4.64. The highest BCUT2D eigenvalue weighted by molar-refractivity contribution is 7.85. The van der Waals surface area contributed by atoms with Crippen LogP contribution in [0.15, 0.2) is 28.7 Å². The van der Waals surface area contributed by atoms with Gasteiger partial charge in [-0.3, -0.25) is 0 Å². The lowest BCUT2D eigenvalue weighted by Gasteiger charge is -2.13. The van der Waals surface area contributed by atoms with Crippen LogP contribution in [-0.2, 0) is 11.0 Å². The molecule has 0 aliphatic carbocycles. The van der Waals surface area contributed by atoms with Gasteiger partial charge in [-0.25, -0.2) is 9.19 Å². The van der Waals surface area contributed by atoms with Crippen molar-refractivity contribution in [1.29, 1.82) is 0 Å². The predicted octanol–water partition coefficient (Wildman–Crippen LogP) is 3.78. The number of ether oxygens (including phenoxy) is 1. The molecule has 112 valence electrons. The average Bonchev–Trinajstić information content (AvgIpc) is 2.42. The second-order valence-corrected chi connectivity index (χ2v) is 7.89. The number of halogens is 1. The van der Waals surface area contributed by atoms with Crippen LogP contribution in [-0.4, -0.2) is 27.3 Å². The van der Waals surface area contributed by atoms with Crippen LogP contribution >= 0.6 is 11.6 Å². The minimum atomic E-state index is -1.33. The minimum absolute atomic E-state index is 0.405. The molecular weight excluding hydrogens is 308 g/mol. The number of methoxy groups -OCH3 is 1. The van der Waals surface area contributed by atoms with Crippen molar-refractivity contribution in [3.8, 4) is 5.88 Å². The molecule has 0 radical (unpaired) electrons. The maximum absolute atomic E-state index is 12.0. The first-order valence-corrected chi connectivity index (χ1v) is 7.90. The van der Waals surface area contributed by atoms with Crippen LogP contribution < -0.4 is 4.74 Å². The second kappa shape index (κ2) is 6.12. The number of benzene rings is 1. The van der Waals surface area contributed by atoms with Crippen molar-refractivity contribution in [3.63, 3.8) is 0 Å². The Morgan fingerprint density at radius 1 is 1.33 bits per heavy atom. The summed E-state index contributed by atoms with van der Waals surface area (Å²) in [6.45, 7) is 5.61. The number of hydrogen-bond acceptors (Lipinski definition) is 3. The highest BCUT2D eigenvalue weighted by atomic mass is 35.5. The molecule has 2 rings (SSSR count). The Morgan fingerprint density at radius 2 is 2.05 bits per heavy atom. The van der Waals surface area contributed by atoms with Crippen LogP contribution in [0, 0.1) is 0 Å². The topological polar surface area (TPSA) is 51.6 Å². The van der Waals surface area contributed by atoms with Crippen LogP contribution in [0.25, 0.3) is 10.9 Å². The third-order valence-electron chi connectivity index (χ3n) is 2.77. The molecule has 2 aromatic rings. The molecule has 21 heavy (non-hydrogen) atoms. The fourth-order valence-corrected chi connectivity index (χ4v) is 2.37. The van der Waals surface area contributed by atoms with Crippen molar-refractivity contribution in [2.24, 2.45) is 4.40 Å². The Hall–Kier alpha value is -1.46. The molecule has 0 fully saturated rings. The molecule has 0 N–H and O–H groups in total. The van der Waals surface area contributed by atoms with Gasteiger partial charge in [0.2, 0.25) is 5.88 Å². The average molecular weight is 325 g/mol. The van der Waals surface area contributed by atoms with E-state index in [0.717, 1.165) is 10.9 Å². The zero-order valence-electron chi connectivity index (χ0n) is 12.4. The molecule has 0 saturated heterocycles. The highest BCUT2D eigenvalue weighted by Crippen LogP contribution is 2.24. The van der Waals surface area contributed by atoms with Crippen LogP contribution in [0.1, 0.15) is 26.3 Å². The summed E-state index contributed by atoms with van der Waals surface area (Å²) >= 11 is 5.99. The molecule has 0 aliphatic rings. The van der Waals surface area contributed by atoms with E-state index >= 15 is 0 Å². The maximum Gasteiger partial charge on any atom is 0.222 e. The fraction of sp³-hybridized carbons (Fsp3) is 0.333. The molecule has 0 saturated carbocycles. The molecule has 1 atom stereocenters. The van der Waals surface area contributed by atoms with Crippen LogP contribution in [0.4, 0.5) is 0 Å². The molecule has 0 spiro atoms. The van der Waals surface area contributed by atoms with Gasteiger partial charge in [-0.15, -0.1) is 0 Å². The molecule has 0 aliphatic heterocycles. The smallest absolute Gasteiger partial charge is 0.222 e. The van der Waals surface area contributed by atoms with E-state index in [1.807, 2.05) is 39.0 Å². The summed E-state index contributed by atoms with van der Waals surface area (Å²) < 4.78 is 20.9. The van der Waals surface area contributed by atoms with Crippen molar-refractivity contribution in [2.45, 2.75) is 25.5 Å². The third-order valence-corrected chi connectivity index (χ3v) is 4.35. The first-order chi connectivity index (χ1) is 9.81. The van der Waals surface area contributed by atoms with Crippen molar-refractivity contribution in [1.82, 2.24) is 4.98 Å². The minimum Gasteiger partial charge on any atom is -0.481 e. The molecule has 1 heterocycles. The van der Waals surface area contributed by atoms with Crippen molar-refractivity contribution in [2.75, 3.05) is 7.11 Å². The van der Waals surface area contributed by atoms with E-state index in [1.165, 1.54) is 6.21 Å². The fourth-order valence-electron chi connectivity index (χ4n) is 1.66. The Balaban J connectivity index is 2.47. The summed E-state index contributed by atoms with van der Waals surface area (Å²) in [6.07, 6.45) is 1.54. The van der Waals surface area contributed by atoms with Gasteiger partial charge in [-0.1, -0.05) is 11.6 Å². The van der Waals surface area contributed by atoms with Gasteiger partial charge >= 0.3 is 0 Å². The van der Waals surface area contributed by atoms with E-state index < -0.39 is 15.7 Å². The van der Waals surface area contributed by atoms with Crippen LogP contribution in [0.3, 0.4) is 0 Å². The molecule has 0 unspecified atom stereocenters. The lowest BCUT2D eigenvalue weighted by Crippen LogP contribution is -2.19. The predicted molar refractivity (Wildman–Crippen MR) is 88.8 cm³/mol. The summed E-state index contributed by atoms with van der Waals surface area (Å²) in [6, 6.07) is 7.30. The molecule has 1 aromatic heterocycles. The summed E-state index contributed by atoms with van der Waals surface area (Å²) in [7, 11) is 0.218. The highest BCUT2D eigenvalue weighted by Gasteiger charge is 2.18. The van der Waals surface area contributed by atoms with Gasteiger partial charge in [0, 0.05) is 10.4 Å². The van der Waals surface area contributed by atoms with E-state index in [-0.39, 0.29) is 0 Å². The van der Waals surface area contributed by atoms with Gasteiger partial charge in [-0.05, 0) is 45.0 Å². The SMILES string of the molecule is COc1nc2ccc(Cl)cc2cc1C=N[S@@](=O)C(C)(C)C. The Bertz CT molecular complexity index is 723. The summed E-state index contributed by atoms with van der Waals surface area (Å²) in [5.74, 6) is 0.444. The van der Waals surface area contributed by atoms with Gasteiger partial charge in [0.1, 0.15) is 11.0 Å². The normalized spacial score (nSPS) is 13.8. The first kappa shape index (κ1) is 15.9. The van der Waals surface area contributed by atoms with E-state index in [4.69, 9.17) is 16.3 Å². The number of nitrogens with zero attached hydrogens (tertiary/aromatic N) is 2. The van der Waals surface area contributed by atoms with Crippen molar-refractivity contribution < 1.29 is 8.95 Å². The van der Waals surface area contributed by atoms with Gasteiger partial charge in [0.25, 0.3) is 0 Å². The Labute approximate surface area is 131 Å². The van der Waals surface area contributed by atoms with E-state index in [1.54, 1.807) is 13.2 Å². The van der Waals surface area contributed by atoms with E-state index in [9.17, 15) is 4.21 Å². The molecular formula is C15H17ClN2O2S. The Morgan fingerprint density at radius 3 is 2.67 bits per heavy atom. The zero-order valence-corrected chi connectivity index (χ0v) is 14.0. The van der Waals surface area contributed by atoms with Gasteiger partial charge in [0.05, 0.1) is 29.2 Å². The molecule has 0 amide bonds. The van der Waals surface area contributed by atoms with Crippen molar-refractivity contribution in [3.05, 3.63) is 34.9 Å². The summed E-state index contributed by atoms with van der Waals surface area (Å²) in [5.41, 5.74) is 1.45. The summed E-state index contributed by atoms with van der Waals surface area (Å²) in [5, 5.41) is 1.52. The molecule has 1 aromatic carbocycles. The lowest BCUT2D eigenvalue weighted by atomic mass is 10.1. The lowest BCUT2D eigenvalue weighted by molar-refractivity contribution is 0.399. The van der Waals surface area contributed by atoms with Crippen LogP contribution in [0.2, 0.25) is 5.02 Å². The molecule has 0 bridgehead atoms. The largest absolute Gasteiger partial charge is 0.481 e. The number of aromatic nitrogens is 1. The van der Waals surface area contributed by atoms with Crippen molar-refractivity contribution >= 4 is 39.7 Å². The number of rotatable bonds is 3. The van der Waals surface area contributed by atoms with E-state index in [0.29, 0.717) is 16.5 Å². The standard InChI is InChI=1S/C15H17ClN2O2S/c1-15(2,3)21(19)17-9-11-7-10-8-12(16)5-6-13(10)18-14(11)20-4/h5-9H,1-4H3/t21-/m0/s1. The van der Waals surface area contributed by atoms with E-state index in [2.05, 4.69) is 9.38 Å². The molecule has 6 heteroatoms.